The Kier molecular flexibility index (Phi) is 7.69. The van der Waals surface area contributed by atoms with Gasteiger partial charge in [-0.05, 0) is 36.4 Å². The Hall–Kier alpha value is -2.04. The summed E-state index contributed by atoms with van der Waals surface area (Å²) in [4.78, 5) is 9.86. The van der Waals surface area contributed by atoms with E-state index in [0.717, 1.165) is 43.1 Å². The zero-order valence-electron chi connectivity index (χ0n) is 14.6. The maximum Gasteiger partial charge on any atom is 2.00 e. The van der Waals surface area contributed by atoms with Gasteiger partial charge in [0.2, 0.25) is 0 Å². The third kappa shape index (κ3) is 5.02. The van der Waals surface area contributed by atoms with Gasteiger partial charge in [0, 0.05) is 23.2 Å². The molecule has 140 valence electrons. The van der Waals surface area contributed by atoms with E-state index in [1.165, 1.54) is 0 Å². The Morgan fingerprint density at radius 2 is 1.11 bits per heavy atom. The third-order valence-electron chi connectivity index (χ3n) is 3.76. The Morgan fingerprint density at radius 1 is 0.704 bits per heavy atom. The van der Waals surface area contributed by atoms with Gasteiger partial charge >= 0.3 is 20.4 Å². The number of aromatic nitrogens is 2. The average Bonchev–Trinajstić information content (AvgIpc) is 2.68. The van der Waals surface area contributed by atoms with Gasteiger partial charge in [-0.1, -0.05) is 12.1 Å². The summed E-state index contributed by atoms with van der Waals surface area (Å²) in [6.07, 6.45) is 3.48. The molecule has 0 aliphatic carbocycles. The molecule has 4 rings (SSSR count). The standard InChI is InChI=1S/2C10H9NOS.Pd/c2*1-12-8-5-7-3-2-4-11-10(7)9(13)6-8;/h2*2-6,13H,1H3;/q;;+2/p-2. The number of rotatable bonds is 2. The topological polar surface area (TPSA) is 44.2 Å². The summed E-state index contributed by atoms with van der Waals surface area (Å²) in [5, 5.41) is 2.04. The summed E-state index contributed by atoms with van der Waals surface area (Å²) in [6, 6.07) is 15.2. The van der Waals surface area contributed by atoms with Crippen LogP contribution in [0.4, 0.5) is 0 Å². The molecule has 4 nitrogen and oxygen atoms in total. The maximum absolute atomic E-state index is 5.16. The van der Waals surface area contributed by atoms with E-state index in [4.69, 9.17) is 34.7 Å². The van der Waals surface area contributed by atoms with Crippen LogP contribution in [0.3, 0.4) is 0 Å². The molecule has 2 aromatic carbocycles. The van der Waals surface area contributed by atoms with Gasteiger partial charge in [0.1, 0.15) is 11.5 Å². The fourth-order valence-corrected chi connectivity index (χ4v) is 3.07. The Balaban J connectivity index is 0.000000187. The number of benzene rings is 2. The average molecular weight is 487 g/mol. The molecule has 0 aliphatic heterocycles. The molecule has 0 atom stereocenters. The van der Waals surface area contributed by atoms with Gasteiger partial charge in [0.25, 0.3) is 0 Å². The zero-order valence-corrected chi connectivity index (χ0v) is 17.8. The van der Waals surface area contributed by atoms with Crippen molar-refractivity contribution in [3.05, 3.63) is 60.9 Å². The van der Waals surface area contributed by atoms with E-state index >= 15 is 0 Å². The van der Waals surface area contributed by atoms with Gasteiger partial charge in [-0.2, -0.15) is 0 Å². The fourth-order valence-electron chi connectivity index (χ4n) is 2.50. The first-order valence-corrected chi connectivity index (χ1v) is 8.63. The molecule has 27 heavy (non-hydrogen) atoms. The second-order valence-electron chi connectivity index (χ2n) is 5.40. The van der Waals surface area contributed by atoms with E-state index in [1.54, 1.807) is 26.6 Å². The summed E-state index contributed by atoms with van der Waals surface area (Å²) < 4.78 is 10.2. The van der Waals surface area contributed by atoms with Gasteiger partial charge in [-0.25, -0.2) is 0 Å². The molecule has 0 N–H and O–H groups in total. The smallest absolute Gasteiger partial charge is 0.778 e. The molecule has 0 fully saturated rings. The normalized spacial score (nSPS) is 9.85. The van der Waals surface area contributed by atoms with Crippen LogP contribution in [0.5, 0.6) is 11.5 Å². The molecule has 0 amide bonds. The van der Waals surface area contributed by atoms with Gasteiger partial charge in [0.15, 0.2) is 0 Å². The van der Waals surface area contributed by atoms with Gasteiger partial charge in [-0.15, -0.1) is 9.79 Å². The van der Waals surface area contributed by atoms with E-state index < -0.39 is 0 Å². The molecular weight excluding hydrogens is 471 g/mol. The number of hydrogen-bond acceptors (Lipinski definition) is 6. The summed E-state index contributed by atoms with van der Waals surface area (Å²) in [6.45, 7) is 0. The van der Waals surface area contributed by atoms with Crippen LogP contribution in [0.15, 0.2) is 70.7 Å². The van der Waals surface area contributed by atoms with Crippen molar-refractivity contribution in [3.8, 4) is 11.5 Å². The Labute approximate surface area is 182 Å². The van der Waals surface area contributed by atoms with Crippen molar-refractivity contribution in [1.82, 2.24) is 9.97 Å². The quantitative estimate of drug-likeness (QED) is 0.311. The third-order valence-corrected chi connectivity index (χ3v) is 4.38. The molecular formula is C20H16N2O2PdS2. The van der Waals surface area contributed by atoms with E-state index in [1.807, 2.05) is 48.5 Å². The molecule has 2 heterocycles. The molecule has 0 spiro atoms. The number of pyridine rings is 2. The number of nitrogens with zero attached hydrogens (tertiary/aromatic N) is 2. The van der Waals surface area contributed by atoms with Crippen LogP contribution in [0.1, 0.15) is 0 Å². The van der Waals surface area contributed by atoms with Crippen molar-refractivity contribution in [1.29, 1.82) is 0 Å². The van der Waals surface area contributed by atoms with Gasteiger partial charge in [0.05, 0.1) is 25.3 Å². The largest absolute Gasteiger partial charge is 2.00 e. The predicted molar refractivity (Wildman–Crippen MR) is 108 cm³/mol. The van der Waals surface area contributed by atoms with Crippen LogP contribution in [-0.4, -0.2) is 24.2 Å². The fraction of sp³-hybridized carbons (Fsp3) is 0.100. The minimum absolute atomic E-state index is 0. The maximum atomic E-state index is 5.16. The van der Waals surface area contributed by atoms with Crippen LogP contribution in [0.2, 0.25) is 0 Å². The molecule has 0 radical (unpaired) electrons. The van der Waals surface area contributed by atoms with Crippen molar-refractivity contribution in [2.45, 2.75) is 9.79 Å². The SMILES string of the molecule is COc1cc([S-])c2ncccc2c1.COc1cc([S-])c2ncccc2c1.[Pd+2]. The first-order valence-electron chi connectivity index (χ1n) is 7.82. The van der Waals surface area contributed by atoms with Crippen molar-refractivity contribution in [2.75, 3.05) is 14.2 Å². The van der Waals surface area contributed by atoms with Crippen molar-refractivity contribution in [2.24, 2.45) is 0 Å². The van der Waals surface area contributed by atoms with Crippen molar-refractivity contribution in [3.63, 3.8) is 0 Å². The minimum Gasteiger partial charge on any atom is -0.778 e. The first-order chi connectivity index (χ1) is 12.6. The molecule has 7 heteroatoms. The molecule has 0 bridgehead atoms. The molecule has 0 saturated carbocycles. The summed E-state index contributed by atoms with van der Waals surface area (Å²) in [5.41, 5.74) is 1.72. The number of fused-ring (bicyclic) bond motifs is 2. The van der Waals surface area contributed by atoms with Crippen LogP contribution in [-0.2, 0) is 45.7 Å². The predicted octanol–water partition coefficient (Wildman–Crippen LogP) is 4.30. The molecule has 2 aromatic heterocycles. The van der Waals surface area contributed by atoms with Gasteiger partial charge in [-0.3, -0.25) is 9.97 Å². The second-order valence-corrected chi connectivity index (χ2v) is 6.28. The number of ether oxygens (including phenoxy) is 2. The number of methoxy groups -OCH3 is 2. The zero-order chi connectivity index (χ0) is 18.5. The van der Waals surface area contributed by atoms with Gasteiger partial charge < -0.3 is 34.7 Å². The van der Waals surface area contributed by atoms with Crippen molar-refractivity contribution < 1.29 is 29.9 Å². The van der Waals surface area contributed by atoms with Crippen LogP contribution in [0, 0.1) is 0 Å². The first kappa shape index (κ1) is 21.3. The summed E-state index contributed by atoms with van der Waals surface area (Å²) in [7, 11) is 3.26. The van der Waals surface area contributed by atoms with Crippen molar-refractivity contribution >= 4 is 47.1 Å². The van der Waals surface area contributed by atoms with E-state index in [-0.39, 0.29) is 20.4 Å². The molecule has 0 unspecified atom stereocenters. The number of hydrogen-bond donors (Lipinski definition) is 0. The van der Waals surface area contributed by atoms with Crippen LogP contribution in [0.25, 0.3) is 21.8 Å². The Bertz CT molecular complexity index is 975. The van der Waals surface area contributed by atoms with Crippen LogP contribution < -0.4 is 9.47 Å². The molecule has 0 saturated heterocycles. The van der Waals surface area contributed by atoms with E-state index in [2.05, 4.69) is 9.97 Å². The molecule has 0 aliphatic rings. The summed E-state index contributed by atoms with van der Waals surface area (Å²) in [5.74, 6) is 1.57. The monoisotopic (exact) mass is 486 g/mol. The molecule has 4 aromatic rings. The van der Waals surface area contributed by atoms with E-state index in [9.17, 15) is 0 Å². The minimum atomic E-state index is 0. The summed E-state index contributed by atoms with van der Waals surface area (Å²) >= 11 is 10.3. The second kappa shape index (κ2) is 9.77. The van der Waals surface area contributed by atoms with Crippen LogP contribution >= 0.6 is 0 Å². The van der Waals surface area contributed by atoms with E-state index in [0.29, 0.717) is 0 Å². The Morgan fingerprint density at radius 3 is 1.48 bits per heavy atom.